The monoisotopic (exact) mass is 224 g/mol. The van der Waals surface area contributed by atoms with Gasteiger partial charge in [-0.3, -0.25) is 0 Å². The average molecular weight is 224 g/mol. The first-order chi connectivity index (χ1) is 7.72. The van der Waals surface area contributed by atoms with Crippen molar-refractivity contribution in [3.05, 3.63) is 24.6 Å². The molecule has 8 heteroatoms. The van der Waals surface area contributed by atoms with E-state index in [-0.39, 0.29) is 5.82 Å². The highest BCUT2D eigenvalue weighted by molar-refractivity contribution is 5.77. The van der Waals surface area contributed by atoms with E-state index >= 15 is 0 Å². The summed E-state index contributed by atoms with van der Waals surface area (Å²) in [6.45, 7) is 1.90. The van der Waals surface area contributed by atoms with E-state index in [0.29, 0.717) is 6.42 Å². The fraction of sp³-hybridized carbons (Fsp3) is 0.375. The molecule has 0 amide bonds. The second-order valence-corrected chi connectivity index (χ2v) is 3.08. The Balaban J connectivity index is 2.36. The lowest BCUT2D eigenvalue weighted by Gasteiger charge is -2.01. The predicted octanol–water partition coefficient (Wildman–Crippen LogP) is 0.478. The van der Waals surface area contributed by atoms with Gasteiger partial charge in [0.15, 0.2) is 0 Å². The topological polar surface area (TPSA) is 78.5 Å². The van der Waals surface area contributed by atoms with Gasteiger partial charge in [-0.05, 0) is 6.42 Å². The zero-order chi connectivity index (χ0) is 11.5. The summed E-state index contributed by atoms with van der Waals surface area (Å²) in [5.74, 6) is 0.278. The van der Waals surface area contributed by atoms with Crippen LogP contribution in [0.2, 0.25) is 0 Å². The Labute approximate surface area is 89.9 Å². The van der Waals surface area contributed by atoms with Gasteiger partial charge in [-0.15, -0.1) is 5.10 Å². The molecule has 0 N–H and O–H groups in total. The van der Waals surface area contributed by atoms with Gasteiger partial charge >= 0.3 is 12.1 Å². The van der Waals surface area contributed by atoms with Crippen LogP contribution in [-0.2, 0) is 6.42 Å². The molecule has 0 saturated carbocycles. The molecular weight excluding hydrogens is 215 g/mol. The van der Waals surface area contributed by atoms with Crippen LogP contribution in [0.25, 0.3) is 0 Å². The minimum absolute atomic E-state index is 0.278. The molecule has 0 unspecified atom stereocenters. The summed E-state index contributed by atoms with van der Waals surface area (Å²) in [6, 6.07) is -0.600. The van der Waals surface area contributed by atoms with Crippen molar-refractivity contribution >= 4 is 6.03 Å². The van der Waals surface area contributed by atoms with E-state index < -0.39 is 12.1 Å². The van der Waals surface area contributed by atoms with Gasteiger partial charge in [-0.1, -0.05) is 6.92 Å². The molecule has 0 aliphatic carbocycles. The number of nitrogens with zero attached hydrogens (tertiary/aromatic N) is 6. The van der Waals surface area contributed by atoms with Gasteiger partial charge in [0.2, 0.25) is 0 Å². The summed E-state index contributed by atoms with van der Waals surface area (Å²) in [5.41, 5.74) is 0. The average Bonchev–Trinajstić information content (AvgIpc) is 2.87. The number of rotatable bonds is 2. The molecule has 0 atom stereocenters. The number of carbonyl (C=O) groups is 1. The second-order valence-electron chi connectivity index (χ2n) is 3.08. The first kappa shape index (κ1) is 10.4. The van der Waals surface area contributed by atoms with Crippen LogP contribution in [0, 0.1) is 6.08 Å². The minimum Gasteiger partial charge on any atom is -0.243 e. The van der Waals surface area contributed by atoms with Crippen molar-refractivity contribution in [1.29, 1.82) is 0 Å². The van der Waals surface area contributed by atoms with Crippen LogP contribution in [0.5, 0.6) is 0 Å². The summed E-state index contributed by atoms with van der Waals surface area (Å²) < 4.78 is 14.7. The summed E-state index contributed by atoms with van der Waals surface area (Å²) in [5, 5.41) is 7.03. The molecule has 0 spiro atoms. The first-order valence-electron chi connectivity index (χ1n) is 4.73. The Hall–Kier alpha value is -2.12. The van der Waals surface area contributed by atoms with Gasteiger partial charge in [0.05, 0.1) is 0 Å². The van der Waals surface area contributed by atoms with Crippen LogP contribution in [0.3, 0.4) is 0 Å². The molecule has 0 aromatic carbocycles. The van der Waals surface area contributed by atoms with E-state index in [0.717, 1.165) is 15.8 Å². The second kappa shape index (κ2) is 4.17. The van der Waals surface area contributed by atoms with E-state index in [1.807, 2.05) is 6.92 Å². The van der Waals surface area contributed by atoms with Gasteiger partial charge in [0.25, 0.3) is 0 Å². The highest BCUT2D eigenvalue weighted by Gasteiger charge is 2.17. The number of carbonyl (C=O) groups excluding carboxylic acids is 1. The molecule has 2 rings (SSSR count). The summed E-state index contributed by atoms with van der Waals surface area (Å²) in [6.07, 6.45) is 2.72. The standard InChI is InChI=1S/C8H9FN6O/c1-2-3-6-12-7(9)13-15(6)8(16)14-5-10-4-11-14/h4-5H,2-3H2,1H3. The lowest BCUT2D eigenvalue weighted by atomic mass is 10.3. The van der Waals surface area contributed by atoms with E-state index in [2.05, 4.69) is 20.2 Å². The maximum atomic E-state index is 12.9. The van der Waals surface area contributed by atoms with Gasteiger partial charge in [0.1, 0.15) is 18.5 Å². The molecule has 0 bridgehead atoms. The van der Waals surface area contributed by atoms with Gasteiger partial charge < -0.3 is 0 Å². The van der Waals surface area contributed by atoms with Crippen LogP contribution < -0.4 is 0 Å². The summed E-state index contributed by atoms with van der Waals surface area (Å²) >= 11 is 0. The lowest BCUT2D eigenvalue weighted by molar-refractivity contribution is 0.236. The molecule has 7 nitrogen and oxygen atoms in total. The van der Waals surface area contributed by atoms with Crippen LogP contribution in [0.15, 0.2) is 12.7 Å². The molecule has 2 aromatic rings. The molecule has 0 aliphatic heterocycles. The fourth-order valence-electron chi connectivity index (χ4n) is 1.26. The number of aryl methyl sites for hydroxylation is 1. The fourth-order valence-corrected chi connectivity index (χ4v) is 1.26. The smallest absolute Gasteiger partial charge is 0.243 e. The predicted molar refractivity (Wildman–Crippen MR) is 50.2 cm³/mol. The summed E-state index contributed by atoms with van der Waals surface area (Å²) in [7, 11) is 0. The van der Waals surface area contributed by atoms with E-state index in [1.54, 1.807) is 0 Å². The third-order valence-electron chi connectivity index (χ3n) is 1.92. The van der Waals surface area contributed by atoms with Crippen LogP contribution >= 0.6 is 0 Å². The van der Waals surface area contributed by atoms with Crippen molar-refractivity contribution in [2.75, 3.05) is 0 Å². The maximum absolute atomic E-state index is 12.9. The van der Waals surface area contributed by atoms with Crippen molar-refractivity contribution in [1.82, 2.24) is 29.5 Å². The molecule has 0 fully saturated rings. The molecular formula is C8H9FN6O. The molecule has 84 valence electrons. The van der Waals surface area contributed by atoms with E-state index in [1.165, 1.54) is 12.7 Å². The zero-order valence-electron chi connectivity index (χ0n) is 8.54. The molecule has 2 aromatic heterocycles. The molecule has 2 heterocycles. The highest BCUT2D eigenvalue weighted by Crippen LogP contribution is 2.02. The van der Waals surface area contributed by atoms with Crippen LogP contribution in [0.4, 0.5) is 9.18 Å². The Morgan fingerprint density at radius 1 is 1.56 bits per heavy atom. The highest BCUT2D eigenvalue weighted by atomic mass is 19.1. The van der Waals surface area contributed by atoms with Gasteiger partial charge in [-0.25, -0.2) is 9.78 Å². The molecule has 16 heavy (non-hydrogen) atoms. The maximum Gasteiger partial charge on any atom is 0.372 e. The number of hydrogen-bond acceptors (Lipinski definition) is 5. The number of halogens is 1. The van der Waals surface area contributed by atoms with Crippen molar-refractivity contribution in [2.24, 2.45) is 0 Å². The third-order valence-corrected chi connectivity index (χ3v) is 1.92. The van der Waals surface area contributed by atoms with Crippen LogP contribution in [0.1, 0.15) is 19.2 Å². The van der Waals surface area contributed by atoms with Gasteiger partial charge in [0, 0.05) is 6.42 Å². The summed E-state index contributed by atoms with van der Waals surface area (Å²) in [4.78, 5) is 18.9. The van der Waals surface area contributed by atoms with E-state index in [4.69, 9.17) is 0 Å². The SMILES string of the molecule is CCCc1nc(F)nn1C(=O)n1cncn1. The number of hydrogen-bond donors (Lipinski definition) is 0. The quantitative estimate of drug-likeness (QED) is 0.741. The Morgan fingerprint density at radius 2 is 2.38 bits per heavy atom. The number of aromatic nitrogens is 6. The largest absolute Gasteiger partial charge is 0.372 e. The molecule has 0 saturated heterocycles. The van der Waals surface area contributed by atoms with Crippen molar-refractivity contribution in [3.8, 4) is 0 Å². The Bertz CT molecular complexity index is 491. The Morgan fingerprint density at radius 3 is 3.00 bits per heavy atom. The third kappa shape index (κ3) is 1.81. The Kier molecular flexibility index (Phi) is 2.71. The lowest BCUT2D eigenvalue weighted by Crippen LogP contribution is -2.23. The molecule has 0 radical (unpaired) electrons. The van der Waals surface area contributed by atoms with E-state index in [9.17, 15) is 9.18 Å². The molecule has 0 aliphatic rings. The van der Waals surface area contributed by atoms with Gasteiger partial charge in [-0.2, -0.15) is 23.8 Å². The van der Waals surface area contributed by atoms with Crippen LogP contribution in [-0.4, -0.2) is 35.6 Å². The normalized spacial score (nSPS) is 10.6. The minimum atomic E-state index is -0.920. The van der Waals surface area contributed by atoms with Crippen molar-refractivity contribution in [2.45, 2.75) is 19.8 Å². The van der Waals surface area contributed by atoms with Crippen molar-refractivity contribution < 1.29 is 9.18 Å². The zero-order valence-corrected chi connectivity index (χ0v) is 8.54. The first-order valence-corrected chi connectivity index (χ1v) is 4.73. The van der Waals surface area contributed by atoms with Crippen molar-refractivity contribution in [3.63, 3.8) is 0 Å².